The van der Waals surface area contributed by atoms with E-state index in [0.29, 0.717) is 0 Å². The molecule has 0 spiro atoms. The molecule has 1 N–H and O–H groups in total. The number of halogens is 2. The molecule has 1 unspecified atom stereocenters. The summed E-state index contributed by atoms with van der Waals surface area (Å²) in [6.07, 6.45) is 0.718. The van der Waals surface area contributed by atoms with Crippen LogP contribution in [0.5, 0.6) is 0 Å². The van der Waals surface area contributed by atoms with Crippen molar-refractivity contribution in [1.29, 1.82) is 0 Å². The van der Waals surface area contributed by atoms with Crippen molar-refractivity contribution < 1.29 is 9.31 Å². The van der Waals surface area contributed by atoms with Gasteiger partial charge in [0.15, 0.2) is 0 Å². The molecule has 110 valence electrons. The van der Waals surface area contributed by atoms with Gasteiger partial charge in [0.2, 0.25) is 0 Å². The Hall–Kier alpha value is -2.14. The van der Waals surface area contributed by atoms with Gasteiger partial charge in [0.25, 0.3) is 5.69 Å². The monoisotopic (exact) mass is 308 g/mol. The smallest absolute Gasteiger partial charge is 0.295 e. The molecule has 0 saturated heterocycles. The summed E-state index contributed by atoms with van der Waals surface area (Å²) in [7, 11) is 0. The Labute approximate surface area is 126 Å². The van der Waals surface area contributed by atoms with Crippen LogP contribution in [0.1, 0.15) is 24.9 Å². The van der Waals surface area contributed by atoms with Gasteiger partial charge in [0.1, 0.15) is 11.5 Å². The Kier molecular flexibility index (Phi) is 4.75. The van der Waals surface area contributed by atoms with Gasteiger partial charge < -0.3 is 5.32 Å². The largest absolute Gasteiger partial charge is 0.373 e. The Bertz CT molecular complexity index is 650. The molecule has 0 amide bonds. The lowest BCUT2D eigenvalue weighted by molar-refractivity contribution is -0.384. The summed E-state index contributed by atoms with van der Waals surface area (Å²) < 4.78 is 13.4. The van der Waals surface area contributed by atoms with Crippen LogP contribution >= 0.6 is 11.6 Å². The third-order valence-corrected chi connectivity index (χ3v) is 3.46. The van der Waals surface area contributed by atoms with Gasteiger partial charge in [0, 0.05) is 0 Å². The van der Waals surface area contributed by atoms with Gasteiger partial charge in [-0.25, -0.2) is 4.39 Å². The van der Waals surface area contributed by atoms with E-state index in [1.807, 2.05) is 37.3 Å². The molecule has 4 nitrogen and oxygen atoms in total. The summed E-state index contributed by atoms with van der Waals surface area (Å²) in [6, 6.07) is 11.5. The van der Waals surface area contributed by atoms with Crippen LogP contribution < -0.4 is 5.32 Å². The van der Waals surface area contributed by atoms with E-state index >= 15 is 0 Å². The van der Waals surface area contributed by atoms with E-state index in [0.717, 1.165) is 18.1 Å². The number of anilines is 1. The van der Waals surface area contributed by atoms with Crippen LogP contribution in [0.25, 0.3) is 0 Å². The second-order valence-electron chi connectivity index (χ2n) is 4.56. The number of benzene rings is 2. The summed E-state index contributed by atoms with van der Waals surface area (Å²) in [5, 5.41) is 14.0. The van der Waals surface area contributed by atoms with Crippen molar-refractivity contribution in [3.05, 3.63) is 69.0 Å². The second-order valence-corrected chi connectivity index (χ2v) is 4.96. The minimum Gasteiger partial charge on any atom is -0.373 e. The minimum atomic E-state index is -0.804. The van der Waals surface area contributed by atoms with E-state index in [4.69, 9.17) is 11.6 Å². The molecule has 0 bridgehead atoms. The Morgan fingerprint density at radius 2 is 2.00 bits per heavy atom. The van der Waals surface area contributed by atoms with Crippen LogP contribution in [0.4, 0.5) is 15.8 Å². The highest BCUT2D eigenvalue weighted by atomic mass is 35.5. The summed E-state index contributed by atoms with van der Waals surface area (Å²) >= 11 is 5.73. The van der Waals surface area contributed by atoms with Crippen molar-refractivity contribution in [3.8, 4) is 0 Å². The van der Waals surface area contributed by atoms with Crippen molar-refractivity contribution in [1.82, 2.24) is 0 Å². The van der Waals surface area contributed by atoms with Crippen molar-refractivity contribution in [2.45, 2.75) is 19.4 Å². The quantitative estimate of drug-likeness (QED) is 0.628. The predicted molar refractivity (Wildman–Crippen MR) is 81.2 cm³/mol. The zero-order valence-corrected chi connectivity index (χ0v) is 12.1. The van der Waals surface area contributed by atoms with Gasteiger partial charge in [-0.1, -0.05) is 48.9 Å². The maximum absolute atomic E-state index is 13.4. The Morgan fingerprint density at radius 3 is 2.57 bits per heavy atom. The first-order valence-electron chi connectivity index (χ1n) is 6.47. The molecular weight excluding hydrogens is 295 g/mol. The molecule has 21 heavy (non-hydrogen) atoms. The van der Waals surface area contributed by atoms with E-state index in [1.165, 1.54) is 6.07 Å². The summed E-state index contributed by atoms with van der Waals surface area (Å²) in [5.74, 6) is -0.804. The van der Waals surface area contributed by atoms with Crippen LogP contribution in [0.2, 0.25) is 5.02 Å². The van der Waals surface area contributed by atoms with Crippen LogP contribution in [-0.4, -0.2) is 4.92 Å². The number of rotatable bonds is 5. The van der Waals surface area contributed by atoms with E-state index < -0.39 is 10.7 Å². The third kappa shape index (κ3) is 3.49. The first-order chi connectivity index (χ1) is 10.0. The molecule has 0 saturated carbocycles. The molecular formula is C15H14ClFN2O2. The van der Waals surface area contributed by atoms with Crippen LogP contribution in [0, 0.1) is 15.9 Å². The SMILES string of the molecule is CCC(Nc1cc(Cl)c(F)cc1[N+](=O)[O-])c1ccccc1. The molecule has 0 aromatic heterocycles. The normalized spacial score (nSPS) is 12.0. The summed E-state index contributed by atoms with van der Waals surface area (Å²) in [5.41, 5.74) is 0.878. The molecule has 0 aliphatic rings. The highest BCUT2D eigenvalue weighted by Gasteiger charge is 2.20. The molecule has 2 aromatic rings. The number of hydrogen-bond acceptors (Lipinski definition) is 3. The molecule has 2 aromatic carbocycles. The van der Waals surface area contributed by atoms with Crippen LogP contribution in [0.15, 0.2) is 42.5 Å². The maximum atomic E-state index is 13.4. The zero-order valence-electron chi connectivity index (χ0n) is 11.3. The maximum Gasteiger partial charge on any atom is 0.295 e. The fourth-order valence-corrected chi connectivity index (χ4v) is 2.26. The zero-order chi connectivity index (χ0) is 15.4. The Morgan fingerprint density at radius 1 is 1.33 bits per heavy atom. The molecule has 2 rings (SSSR count). The number of nitrogens with one attached hydrogen (secondary N) is 1. The van der Waals surface area contributed by atoms with Gasteiger partial charge in [-0.05, 0) is 18.1 Å². The topological polar surface area (TPSA) is 55.2 Å². The molecule has 6 heteroatoms. The molecule has 0 heterocycles. The molecule has 1 atom stereocenters. The number of hydrogen-bond donors (Lipinski definition) is 1. The second kappa shape index (κ2) is 6.54. The Balaban J connectivity index is 2.37. The molecule has 0 radical (unpaired) electrons. The highest BCUT2D eigenvalue weighted by molar-refractivity contribution is 6.31. The number of nitro groups is 1. The molecule has 0 aliphatic carbocycles. The lowest BCUT2D eigenvalue weighted by atomic mass is 10.0. The van der Waals surface area contributed by atoms with Crippen molar-refractivity contribution in [2.24, 2.45) is 0 Å². The first kappa shape index (κ1) is 15.3. The fourth-order valence-electron chi connectivity index (χ4n) is 2.10. The predicted octanol–water partition coefficient (Wildman–Crippen LogP) is 4.95. The lowest BCUT2D eigenvalue weighted by Crippen LogP contribution is -2.11. The fraction of sp³-hybridized carbons (Fsp3) is 0.200. The van der Waals surface area contributed by atoms with E-state index in [9.17, 15) is 14.5 Å². The van der Waals surface area contributed by atoms with Gasteiger partial charge in [-0.2, -0.15) is 0 Å². The van der Waals surface area contributed by atoms with Crippen LogP contribution in [0.3, 0.4) is 0 Å². The van der Waals surface area contributed by atoms with Crippen molar-refractivity contribution in [3.63, 3.8) is 0 Å². The van der Waals surface area contributed by atoms with Gasteiger partial charge in [0.05, 0.1) is 22.1 Å². The molecule has 0 fully saturated rings. The van der Waals surface area contributed by atoms with E-state index in [2.05, 4.69) is 5.32 Å². The van der Waals surface area contributed by atoms with E-state index in [1.54, 1.807) is 0 Å². The lowest BCUT2D eigenvalue weighted by Gasteiger charge is -2.19. The highest BCUT2D eigenvalue weighted by Crippen LogP contribution is 2.33. The first-order valence-corrected chi connectivity index (χ1v) is 6.85. The summed E-state index contributed by atoms with van der Waals surface area (Å²) in [6.45, 7) is 1.96. The van der Waals surface area contributed by atoms with Crippen LogP contribution in [-0.2, 0) is 0 Å². The van der Waals surface area contributed by atoms with E-state index in [-0.39, 0.29) is 22.4 Å². The van der Waals surface area contributed by atoms with Gasteiger partial charge in [-0.15, -0.1) is 0 Å². The standard InChI is InChI=1S/C15H14ClFN2O2/c1-2-13(10-6-4-3-5-7-10)18-14-8-11(16)12(17)9-15(14)19(20)21/h3-9,13,18H,2H2,1H3. The number of nitro benzene ring substituents is 1. The van der Waals surface area contributed by atoms with Gasteiger partial charge in [-0.3, -0.25) is 10.1 Å². The van der Waals surface area contributed by atoms with Gasteiger partial charge >= 0.3 is 0 Å². The number of nitrogens with zero attached hydrogens (tertiary/aromatic N) is 1. The summed E-state index contributed by atoms with van der Waals surface area (Å²) in [4.78, 5) is 10.4. The third-order valence-electron chi connectivity index (χ3n) is 3.18. The minimum absolute atomic E-state index is 0.119. The molecule has 0 aliphatic heterocycles. The van der Waals surface area contributed by atoms with Crippen molar-refractivity contribution >= 4 is 23.0 Å². The van der Waals surface area contributed by atoms with Crippen molar-refractivity contribution in [2.75, 3.05) is 5.32 Å². The average Bonchev–Trinajstić information content (AvgIpc) is 2.48. The average molecular weight is 309 g/mol.